The van der Waals surface area contributed by atoms with Crippen molar-refractivity contribution in [2.75, 3.05) is 7.11 Å². The fourth-order valence-corrected chi connectivity index (χ4v) is 8.19. The van der Waals surface area contributed by atoms with Gasteiger partial charge in [0.05, 0.1) is 13.2 Å². The minimum absolute atomic E-state index is 0.00240. The minimum atomic E-state index is -0.425. The first-order valence-electron chi connectivity index (χ1n) is 13.4. The summed E-state index contributed by atoms with van der Waals surface area (Å²) in [7, 11) is 1.43. The zero-order valence-electron chi connectivity index (χ0n) is 20.7. The van der Waals surface area contributed by atoms with Gasteiger partial charge in [0, 0.05) is 34.1 Å². The van der Waals surface area contributed by atoms with Gasteiger partial charge in [0.15, 0.2) is 0 Å². The number of carbonyl (C=O) groups excluding carboxylic acids is 2. The summed E-state index contributed by atoms with van der Waals surface area (Å²) in [5.41, 5.74) is 5.00. The molecule has 0 radical (unpaired) electrons. The van der Waals surface area contributed by atoms with Crippen molar-refractivity contribution in [2.45, 2.75) is 62.6 Å². The lowest BCUT2D eigenvalue weighted by Crippen LogP contribution is -2.59. The number of rotatable bonds is 4. The average molecular weight is 484 g/mol. The van der Waals surface area contributed by atoms with Crippen molar-refractivity contribution in [3.63, 3.8) is 0 Å². The fourth-order valence-electron chi connectivity index (χ4n) is 8.19. The number of esters is 1. The summed E-state index contributed by atoms with van der Waals surface area (Å²) in [5.74, 6) is 2.17. The molecule has 0 saturated heterocycles. The topological polar surface area (TPSA) is 83.2 Å². The van der Waals surface area contributed by atoms with Gasteiger partial charge >= 0.3 is 5.97 Å². The molecule has 3 N–H and O–H groups in total. The van der Waals surface area contributed by atoms with Crippen LogP contribution in [0.25, 0.3) is 10.9 Å². The number of fused-ring (bicyclic) bond motifs is 3. The molecule has 3 aromatic rings. The van der Waals surface area contributed by atoms with Gasteiger partial charge in [0.1, 0.15) is 6.04 Å². The highest BCUT2D eigenvalue weighted by molar-refractivity contribution is 5.95. The predicted octanol–water partition coefficient (Wildman–Crippen LogP) is 4.64. The van der Waals surface area contributed by atoms with Crippen LogP contribution in [0, 0.1) is 17.8 Å². The molecular formula is C30H33N3O3. The van der Waals surface area contributed by atoms with E-state index in [0.717, 1.165) is 64.7 Å². The Morgan fingerprint density at radius 3 is 2.28 bits per heavy atom. The lowest BCUT2D eigenvalue weighted by molar-refractivity contribution is -0.143. The summed E-state index contributed by atoms with van der Waals surface area (Å²) in [4.78, 5) is 29.4. The number of para-hydroxylation sites is 1. The molecular weight excluding hydrogens is 450 g/mol. The van der Waals surface area contributed by atoms with Crippen LogP contribution in [-0.2, 0) is 16.0 Å². The number of hydrogen-bond acceptors (Lipinski definition) is 4. The maximum absolute atomic E-state index is 13.3. The summed E-state index contributed by atoms with van der Waals surface area (Å²) < 4.78 is 5.08. The largest absolute Gasteiger partial charge is 0.468 e. The molecule has 8 rings (SSSR count). The van der Waals surface area contributed by atoms with E-state index >= 15 is 0 Å². The third-order valence-corrected chi connectivity index (χ3v) is 9.32. The zero-order chi connectivity index (χ0) is 24.4. The summed E-state index contributed by atoms with van der Waals surface area (Å²) in [6.45, 7) is 0. The monoisotopic (exact) mass is 483 g/mol. The van der Waals surface area contributed by atoms with Crippen LogP contribution in [0.2, 0.25) is 0 Å². The van der Waals surface area contributed by atoms with Crippen LogP contribution >= 0.6 is 0 Å². The molecule has 2 aromatic carbocycles. The third-order valence-electron chi connectivity index (χ3n) is 9.32. The maximum atomic E-state index is 13.3. The second kappa shape index (κ2) is 8.20. The number of amides is 1. The summed E-state index contributed by atoms with van der Waals surface area (Å²) in [6, 6.07) is 15.5. The van der Waals surface area contributed by atoms with Crippen molar-refractivity contribution < 1.29 is 14.3 Å². The van der Waals surface area contributed by atoms with E-state index in [0.29, 0.717) is 12.0 Å². The second-order valence-corrected chi connectivity index (χ2v) is 11.7. The van der Waals surface area contributed by atoms with E-state index in [1.807, 2.05) is 36.4 Å². The summed E-state index contributed by atoms with van der Waals surface area (Å²) in [5, 5.41) is 8.10. The highest BCUT2D eigenvalue weighted by Crippen LogP contribution is 2.55. The number of hydrogen-bond donors (Lipinski definition) is 3. The number of aromatic amines is 1. The maximum Gasteiger partial charge on any atom is 0.323 e. The molecule has 1 amide bonds. The molecule has 2 unspecified atom stereocenters. The average Bonchev–Trinajstić information content (AvgIpc) is 3.25. The molecule has 2 heterocycles. The highest BCUT2D eigenvalue weighted by Gasteiger charge is 2.51. The van der Waals surface area contributed by atoms with E-state index in [4.69, 9.17) is 4.74 Å². The molecule has 6 heteroatoms. The Labute approximate surface area is 211 Å². The Balaban J connectivity index is 1.16. The lowest BCUT2D eigenvalue weighted by Gasteiger charge is -2.56. The Kier molecular flexibility index (Phi) is 5.04. The van der Waals surface area contributed by atoms with Gasteiger partial charge in [-0.05, 0) is 85.6 Å². The van der Waals surface area contributed by atoms with Crippen molar-refractivity contribution in [3.05, 3.63) is 70.9 Å². The van der Waals surface area contributed by atoms with Crippen LogP contribution in [0.4, 0.5) is 0 Å². The molecule has 4 fully saturated rings. The highest BCUT2D eigenvalue weighted by atomic mass is 16.5. The van der Waals surface area contributed by atoms with Gasteiger partial charge < -0.3 is 15.0 Å². The number of nitrogens with one attached hydrogen (secondary N) is 3. The van der Waals surface area contributed by atoms with Crippen molar-refractivity contribution in [1.29, 1.82) is 0 Å². The summed E-state index contributed by atoms with van der Waals surface area (Å²) in [6.07, 6.45) is 8.10. The Hall–Kier alpha value is -3.12. The molecule has 5 aliphatic rings. The van der Waals surface area contributed by atoms with Crippen molar-refractivity contribution >= 4 is 22.8 Å². The molecule has 4 aliphatic carbocycles. The van der Waals surface area contributed by atoms with E-state index in [-0.39, 0.29) is 23.5 Å². The predicted molar refractivity (Wildman–Crippen MR) is 138 cm³/mol. The van der Waals surface area contributed by atoms with E-state index in [1.165, 1.54) is 26.4 Å². The summed E-state index contributed by atoms with van der Waals surface area (Å²) >= 11 is 0. The van der Waals surface area contributed by atoms with Crippen LogP contribution in [0.3, 0.4) is 0 Å². The van der Waals surface area contributed by atoms with Gasteiger partial charge in [-0.25, -0.2) is 0 Å². The van der Waals surface area contributed by atoms with Crippen molar-refractivity contribution in [3.8, 4) is 0 Å². The van der Waals surface area contributed by atoms with Crippen LogP contribution in [0.5, 0.6) is 0 Å². The molecule has 36 heavy (non-hydrogen) atoms. The Morgan fingerprint density at radius 1 is 0.944 bits per heavy atom. The van der Waals surface area contributed by atoms with Crippen LogP contribution in [-0.4, -0.2) is 35.6 Å². The lowest BCUT2D eigenvalue weighted by atomic mass is 9.53. The molecule has 4 saturated carbocycles. The van der Waals surface area contributed by atoms with E-state index in [9.17, 15) is 9.59 Å². The Bertz CT molecular complexity index is 1310. The standard InChI is InChI=1S/C30H33N3O3/c1-36-29(35)25-13-23-22-4-2-3-5-24(22)31-27(23)26(32-25)20-6-8-21(9-7-20)28(34)33-30-14-17-10-18(15-30)12-19(11-17)16-30/h2-9,17-19,25-26,31-32H,10-16H2,1H3,(H,33,34). The van der Waals surface area contributed by atoms with Gasteiger partial charge in [0.2, 0.25) is 0 Å². The Morgan fingerprint density at radius 2 is 1.61 bits per heavy atom. The first-order chi connectivity index (χ1) is 17.5. The number of ether oxygens (including phenoxy) is 1. The van der Waals surface area contributed by atoms with E-state index in [1.54, 1.807) is 0 Å². The number of H-pyrrole nitrogens is 1. The van der Waals surface area contributed by atoms with E-state index in [2.05, 4.69) is 27.8 Å². The molecule has 2 atom stereocenters. The van der Waals surface area contributed by atoms with E-state index < -0.39 is 6.04 Å². The molecule has 6 nitrogen and oxygen atoms in total. The number of aromatic nitrogens is 1. The molecule has 186 valence electrons. The van der Waals surface area contributed by atoms with Gasteiger partial charge in [-0.3, -0.25) is 14.9 Å². The number of carbonyl (C=O) groups is 2. The molecule has 4 bridgehead atoms. The first-order valence-corrected chi connectivity index (χ1v) is 13.4. The van der Waals surface area contributed by atoms with Gasteiger partial charge in [-0.1, -0.05) is 30.3 Å². The third kappa shape index (κ3) is 3.57. The first kappa shape index (κ1) is 22.1. The number of benzene rings is 2. The van der Waals surface area contributed by atoms with Crippen LogP contribution in [0.1, 0.15) is 71.7 Å². The molecule has 1 aromatic heterocycles. The quantitative estimate of drug-likeness (QED) is 0.472. The SMILES string of the molecule is COC(=O)C1Cc2c([nH]c3ccccc23)C(c2ccc(C(=O)NC34CC5CC(CC(C5)C3)C4)cc2)N1. The van der Waals surface area contributed by atoms with Gasteiger partial charge in [0.25, 0.3) is 5.91 Å². The molecule has 0 spiro atoms. The number of methoxy groups -OCH3 is 1. The fraction of sp³-hybridized carbons (Fsp3) is 0.467. The van der Waals surface area contributed by atoms with Crippen molar-refractivity contribution in [1.82, 2.24) is 15.6 Å². The van der Waals surface area contributed by atoms with Crippen molar-refractivity contribution in [2.24, 2.45) is 17.8 Å². The molecule has 1 aliphatic heterocycles. The van der Waals surface area contributed by atoms with Crippen LogP contribution in [0.15, 0.2) is 48.5 Å². The normalized spacial score (nSPS) is 32.3. The smallest absolute Gasteiger partial charge is 0.323 e. The zero-order valence-corrected chi connectivity index (χ0v) is 20.7. The second-order valence-electron chi connectivity index (χ2n) is 11.7. The van der Waals surface area contributed by atoms with Crippen LogP contribution < -0.4 is 10.6 Å². The van der Waals surface area contributed by atoms with Gasteiger partial charge in [-0.2, -0.15) is 0 Å². The minimum Gasteiger partial charge on any atom is -0.468 e. The van der Waals surface area contributed by atoms with Gasteiger partial charge in [-0.15, -0.1) is 0 Å².